The van der Waals surface area contributed by atoms with Crippen molar-refractivity contribution in [2.45, 2.75) is 64.6 Å². The lowest BCUT2D eigenvalue weighted by atomic mass is 9.86. The minimum absolute atomic E-state index is 0.326. The molecule has 0 radical (unpaired) electrons. The molecule has 1 saturated heterocycles. The maximum atomic E-state index is 5.46. The van der Waals surface area contributed by atoms with Crippen LogP contribution in [0.2, 0.25) is 0 Å². The van der Waals surface area contributed by atoms with Crippen molar-refractivity contribution < 1.29 is 4.74 Å². The molecule has 2 fully saturated rings. The largest absolute Gasteiger partial charge is 0.383 e. The zero-order valence-electron chi connectivity index (χ0n) is 13.4. The molecule has 3 nitrogen and oxygen atoms in total. The van der Waals surface area contributed by atoms with Crippen LogP contribution in [0, 0.1) is 11.8 Å². The summed E-state index contributed by atoms with van der Waals surface area (Å²) in [5.41, 5.74) is 0.326. The fourth-order valence-corrected chi connectivity index (χ4v) is 3.66. The highest BCUT2D eigenvalue weighted by Gasteiger charge is 2.47. The van der Waals surface area contributed by atoms with Gasteiger partial charge in [0.15, 0.2) is 0 Å². The highest BCUT2D eigenvalue weighted by molar-refractivity contribution is 5.05. The third-order valence-electron chi connectivity index (χ3n) is 5.20. The third kappa shape index (κ3) is 3.32. The van der Waals surface area contributed by atoms with E-state index in [-0.39, 0.29) is 0 Å². The van der Waals surface area contributed by atoms with Crippen LogP contribution in [-0.4, -0.2) is 49.3 Å². The van der Waals surface area contributed by atoms with Gasteiger partial charge in [0.25, 0.3) is 0 Å². The van der Waals surface area contributed by atoms with Gasteiger partial charge in [0.1, 0.15) is 0 Å². The van der Waals surface area contributed by atoms with Crippen LogP contribution in [0.3, 0.4) is 0 Å². The summed E-state index contributed by atoms with van der Waals surface area (Å²) in [7, 11) is 1.83. The molecule has 3 heteroatoms. The summed E-state index contributed by atoms with van der Waals surface area (Å²) in [6.07, 6.45) is 3.99. The monoisotopic (exact) mass is 268 g/mol. The van der Waals surface area contributed by atoms with E-state index in [2.05, 4.69) is 37.9 Å². The predicted molar refractivity (Wildman–Crippen MR) is 80.4 cm³/mol. The van der Waals surface area contributed by atoms with Crippen LogP contribution in [0.4, 0.5) is 0 Å². The molecule has 3 unspecified atom stereocenters. The fourth-order valence-electron chi connectivity index (χ4n) is 3.66. The van der Waals surface area contributed by atoms with E-state index in [0.29, 0.717) is 23.5 Å². The average Bonchev–Trinajstić information content (AvgIpc) is 3.20. The second-order valence-electron chi connectivity index (χ2n) is 7.07. The molecule has 0 aromatic heterocycles. The first-order valence-electron chi connectivity index (χ1n) is 8.01. The van der Waals surface area contributed by atoms with E-state index in [1.54, 1.807) is 0 Å². The topological polar surface area (TPSA) is 24.5 Å². The molecule has 1 saturated carbocycles. The predicted octanol–water partition coefficient (Wildman–Crippen LogP) is 2.51. The summed E-state index contributed by atoms with van der Waals surface area (Å²) in [5.74, 6) is 1.59. The van der Waals surface area contributed by atoms with E-state index in [9.17, 15) is 0 Å². The van der Waals surface area contributed by atoms with Crippen molar-refractivity contribution in [1.29, 1.82) is 0 Å². The molecule has 1 aliphatic carbocycles. The quantitative estimate of drug-likeness (QED) is 0.801. The Labute approximate surface area is 119 Å². The van der Waals surface area contributed by atoms with Crippen molar-refractivity contribution in [3.63, 3.8) is 0 Å². The van der Waals surface area contributed by atoms with E-state index in [1.165, 1.54) is 25.8 Å². The number of piperazine rings is 1. The normalized spacial score (nSPS) is 34.7. The van der Waals surface area contributed by atoms with Crippen molar-refractivity contribution in [2.24, 2.45) is 11.8 Å². The molecule has 19 heavy (non-hydrogen) atoms. The van der Waals surface area contributed by atoms with Crippen LogP contribution in [-0.2, 0) is 4.74 Å². The Hall–Kier alpha value is -0.120. The van der Waals surface area contributed by atoms with Crippen molar-refractivity contribution in [2.75, 3.05) is 26.8 Å². The van der Waals surface area contributed by atoms with Crippen LogP contribution < -0.4 is 5.32 Å². The van der Waals surface area contributed by atoms with Crippen molar-refractivity contribution >= 4 is 0 Å². The number of rotatable bonds is 6. The lowest BCUT2D eigenvalue weighted by Gasteiger charge is -2.51. The summed E-state index contributed by atoms with van der Waals surface area (Å²) in [6.45, 7) is 12.6. The second kappa shape index (κ2) is 6.11. The minimum atomic E-state index is 0.326. The Kier molecular flexibility index (Phi) is 4.91. The molecule has 0 bridgehead atoms. The molecule has 0 aromatic rings. The number of hydrogen-bond acceptors (Lipinski definition) is 3. The first-order chi connectivity index (χ1) is 9.01. The molecule has 2 aliphatic rings. The van der Waals surface area contributed by atoms with Gasteiger partial charge in [-0.25, -0.2) is 0 Å². The summed E-state index contributed by atoms with van der Waals surface area (Å²) in [6, 6.07) is 1.21. The molecule has 1 heterocycles. The zero-order chi connectivity index (χ0) is 14.0. The molecule has 3 atom stereocenters. The third-order valence-corrected chi connectivity index (χ3v) is 5.20. The first-order valence-corrected chi connectivity index (χ1v) is 8.01. The standard InChI is InChI=1S/C16H32N2O/c1-6-14(10-19-5)18-11-16(4,13-7-8-13)17-9-15(18)12(2)3/h12-15,17H,6-11H2,1-5H3. The van der Waals surface area contributed by atoms with Crippen LogP contribution >= 0.6 is 0 Å². The summed E-state index contributed by atoms with van der Waals surface area (Å²) in [4.78, 5) is 2.74. The van der Waals surface area contributed by atoms with Gasteiger partial charge < -0.3 is 10.1 Å². The Morgan fingerprint density at radius 3 is 2.53 bits per heavy atom. The lowest BCUT2D eigenvalue weighted by Crippen LogP contribution is -2.67. The van der Waals surface area contributed by atoms with Gasteiger partial charge in [0.2, 0.25) is 0 Å². The highest BCUT2D eigenvalue weighted by Crippen LogP contribution is 2.42. The summed E-state index contributed by atoms with van der Waals surface area (Å²) in [5, 5.41) is 3.86. The van der Waals surface area contributed by atoms with Crippen molar-refractivity contribution in [3.8, 4) is 0 Å². The first kappa shape index (κ1) is 15.3. The molecular weight excluding hydrogens is 236 g/mol. The number of nitrogens with zero attached hydrogens (tertiary/aromatic N) is 1. The Morgan fingerprint density at radius 1 is 1.37 bits per heavy atom. The van der Waals surface area contributed by atoms with Crippen molar-refractivity contribution in [1.82, 2.24) is 10.2 Å². The van der Waals surface area contributed by atoms with E-state index >= 15 is 0 Å². The van der Waals surface area contributed by atoms with Gasteiger partial charge in [0, 0.05) is 37.8 Å². The Balaban J connectivity index is 2.11. The van der Waals surface area contributed by atoms with Gasteiger partial charge in [-0.2, -0.15) is 0 Å². The number of nitrogens with one attached hydrogen (secondary N) is 1. The van der Waals surface area contributed by atoms with Gasteiger partial charge in [-0.1, -0.05) is 20.8 Å². The maximum Gasteiger partial charge on any atom is 0.0618 e. The zero-order valence-corrected chi connectivity index (χ0v) is 13.4. The Morgan fingerprint density at radius 2 is 2.05 bits per heavy atom. The second-order valence-corrected chi connectivity index (χ2v) is 7.07. The molecule has 0 aromatic carbocycles. The number of hydrogen-bond donors (Lipinski definition) is 1. The average molecular weight is 268 g/mol. The minimum Gasteiger partial charge on any atom is -0.383 e. The van der Waals surface area contributed by atoms with E-state index < -0.39 is 0 Å². The molecule has 2 rings (SSSR count). The molecule has 1 aliphatic heterocycles. The van der Waals surface area contributed by atoms with Crippen LogP contribution in [0.15, 0.2) is 0 Å². The van der Waals surface area contributed by atoms with Gasteiger partial charge >= 0.3 is 0 Å². The molecule has 0 spiro atoms. The smallest absolute Gasteiger partial charge is 0.0618 e. The Bertz CT molecular complexity index is 290. The molecule has 112 valence electrons. The molecular formula is C16H32N2O. The van der Waals surface area contributed by atoms with Gasteiger partial charge in [0.05, 0.1) is 6.61 Å². The highest BCUT2D eigenvalue weighted by atomic mass is 16.5. The summed E-state index contributed by atoms with van der Waals surface area (Å²) >= 11 is 0. The molecule has 1 N–H and O–H groups in total. The van der Waals surface area contributed by atoms with E-state index in [0.717, 1.165) is 19.1 Å². The van der Waals surface area contributed by atoms with Crippen LogP contribution in [0.5, 0.6) is 0 Å². The number of ether oxygens (including phenoxy) is 1. The summed E-state index contributed by atoms with van der Waals surface area (Å²) < 4.78 is 5.46. The van der Waals surface area contributed by atoms with Gasteiger partial charge in [-0.3, -0.25) is 4.90 Å². The SMILES string of the molecule is CCC(COC)N1CC(C)(C2CC2)NCC1C(C)C. The fraction of sp³-hybridized carbons (Fsp3) is 1.00. The molecule has 0 amide bonds. The van der Waals surface area contributed by atoms with E-state index in [4.69, 9.17) is 4.74 Å². The van der Waals surface area contributed by atoms with Gasteiger partial charge in [-0.15, -0.1) is 0 Å². The van der Waals surface area contributed by atoms with Crippen LogP contribution in [0.25, 0.3) is 0 Å². The maximum absolute atomic E-state index is 5.46. The van der Waals surface area contributed by atoms with Gasteiger partial charge in [-0.05, 0) is 38.0 Å². The lowest BCUT2D eigenvalue weighted by molar-refractivity contribution is -0.0105. The number of methoxy groups -OCH3 is 1. The van der Waals surface area contributed by atoms with Crippen LogP contribution in [0.1, 0.15) is 47.0 Å². The van der Waals surface area contributed by atoms with E-state index in [1.807, 2.05) is 7.11 Å². The van der Waals surface area contributed by atoms with Crippen molar-refractivity contribution in [3.05, 3.63) is 0 Å².